The van der Waals surface area contributed by atoms with Crippen LogP contribution in [0.1, 0.15) is 12.8 Å². The molecule has 0 spiro atoms. The fourth-order valence-corrected chi connectivity index (χ4v) is 3.97. The third-order valence-electron chi connectivity index (χ3n) is 5.60. The maximum atomic E-state index is 4.74. The van der Waals surface area contributed by atoms with Crippen molar-refractivity contribution in [3.8, 4) is 0 Å². The van der Waals surface area contributed by atoms with Crippen molar-refractivity contribution < 1.29 is 0 Å². The van der Waals surface area contributed by atoms with Crippen LogP contribution in [-0.4, -0.2) is 65.5 Å². The first-order valence-electron chi connectivity index (χ1n) is 10.4. The zero-order chi connectivity index (χ0) is 19.5. The predicted octanol–water partition coefficient (Wildman–Crippen LogP) is 1.67. The maximum absolute atomic E-state index is 4.74. The van der Waals surface area contributed by atoms with Crippen LogP contribution in [0.4, 0.5) is 23.1 Å². The van der Waals surface area contributed by atoms with Crippen LogP contribution >= 0.6 is 0 Å². The summed E-state index contributed by atoms with van der Waals surface area (Å²) in [6.45, 7) is 6.20. The van der Waals surface area contributed by atoms with Crippen LogP contribution in [0.2, 0.25) is 0 Å². The van der Waals surface area contributed by atoms with E-state index in [1.54, 1.807) is 6.20 Å². The molecule has 9 nitrogen and oxygen atoms in total. The lowest BCUT2D eigenvalue weighted by Crippen LogP contribution is -2.43. The van der Waals surface area contributed by atoms with Gasteiger partial charge in [0.2, 0.25) is 5.95 Å². The van der Waals surface area contributed by atoms with Gasteiger partial charge in [0.15, 0.2) is 5.65 Å². The summed E-state index contributed by atoms with van der Waals surface area (Å²) in [5.74, 6) is 1.39. The Kier molecular flexibility index (Phi) is 5.14. The largest absolute Gasteiger partial charge is 0.369 e. The molecule has 4 heterocycles. The number of nitrogens with zero attached hydrogens (tertiary/aromatic N) is 4. The minimum atomic E-state index is 0.412. The van der Waals surface area contributed by atoms with E-state index in [9.17, 15) is 0 Å². The zero-order valence-electron chi connectivity index (χ0n) is 16.4. The Hall–Kier alpha value is -2.91. The van der Waals surface area contributed by atoms with Crippen LogP contribution in [-0.2, 0) is 0 Å². The van der Waals surface area contributed by atoms with Gasteiger partial charge in [-0.15, -0.1) is 0 Å². The van der Waals surface area contributed by atoms with E-state index in [1.165, 1.54) is 5.69 Å². The molecule has 0 atom stereocenters. The highest BCUT2D eigenvalue weighted by molar-refractivity contribution is 5.87. The molecule has 2 fully saturated rings. The summed E-state index contributed by atoms with van der Waals surface area (Å²) in [5.41, 5.74) is 2.95. The van der Waals surface area contributed by atoms with Crippen molar-refractivity contribution in [1.29, 1.82) is 0 Å². The summed E-state index contributed by atoms with van der Waals surface area (Å²) in [6, 6.07) is 8.87. The van der Waals surface area contributed by atoms with E-state index in [0.29, 0.717) is 12.0 Å². The lowest BCUT2D eigenvalue weighted by Gasteiger charge is -2.29. The highest BCUT2D eigenvalue weighted by Crippen LogP contribution is 2.25. The number of benzene rings is 1. The summed E-state index contributed by atoms with van der Waals surface area (Å²) in [6.07, 6.45) is 3.95. The van der Waals surface area contributed by atoms with Gasteiger partial charge >= 0.3 is 0 Å². The first-order chi connectivity index (χ1) is 14.3. The zero-order valence-corrected chi connectivity index (χ0v) is 16.4. The van der Waals surface area contributed by atoms with Gasteiger partial charge in [0.05, 0.1) is 11.6 Å². The molecule has 0 radical (unpaired) electrons. The van der Waals surface area contributed by atoms with Crippen molar-refractivity contribution in [3.63, 3.8) is 0 Å². The number of piperidine rings is 1. The number of hydrogen-bond donors (Lipinski definition) is 5. The van der Waals surface area contributed by atoms with E-state index >= 15 is 0 Å². The van der Waals surface area contributed by atoms with E-state index in [-0.39, 0.29) is 0 Å². The minimum absolute atomic E-state index is 0.412. The van der Waals surface area contributed by atoms with Crippen molar-refractivity contribution in [2.24, 2.45) is 0 Å². The second kappa shape index (κ2) is 8.22. The number of anilines is 4. The summed E-state index contributed by atoms with van der Waals surface area (Å²) in [7, 11) is 0. The highest BCUT2D eigenvalue weighted by Gasteiger charge is 2.17. The minimum Gasteiger partial charge on any atom is -0.369 e. The average molecular weight is 393 g/mol. The van der Waals surface area contributed by atoms with Crippen LogP contribution in [0.3, 0.4) is 0 Å². The molecule has 3 aromatic rings. The average Bonchev–Trinajstić information content (AvgIpc) is 3.25. The molecule has 9 heteroatoms. The van der Waals surface area contributed by atoms with Crippen molar-refractivity contribution >= 4 is 34.2 Å². The third kappa shape index (κ3) is 4.10. The second-order valence-electron chi connectivity index (χ2n) is 7.61. The van der Waals surface area contributed by atoms with Gasteiger partial charge in [0.1, 0.15) is 5.82 Å². The molecule has 2 aliphatic heterocycles. The van der Waals surface area contributed by atoms with Crippen molar-refractivity contribution in [3.05, 3.63) is 30.5 Å². The lowest BCUT2D eigenvalue weighted by molar-refractivity contribution is 0.478. The van der Waals surface area contributed by atoms with Crippen LogP contribution in [0, 0.1) is 0 Å². The van der Waals surface area contributed by atoms with Gasteiger partial charge in [-0.1, -0.05) is 0 Å². The number of aromatic nitrogens is 4. The molecule has 0 amide bonds. The monoisotopic (exact) mass is 393 g/mol. The van der Waals surface area contributed by atoms with Gasteiger partial charge in [-0.05, 0) is 50.2 Å². The van der Waals surface area contributed by atoms with Crippen LogP contribution < -0.4 is 26.2 Å². The molecule has 2 aromatic heterocycles. The van der Waals surface area contributed by atoms with Crippen LogP contribution in [0.25, 0.3) is 11.0 Å². The molecule has 1 aromatic carbocycles. The number of hydrogen-bond acceptors (Lipinski definition) is 8. The van der Waals surface area contributed by atoms with Gasteiger partial charge in [-0.2, -0.15) is 15.1 Å². The molecule has 0 aliphatic carbocycles. The van der Waals surface area contributed by atoms with Gasteiger partial charge < -0.3 is 26.2 Å². The maximum Gasteiger partial charge on any atom is 0.231 e. The van der Waals surface area contributed by atoms with Crippen molar-refractivity contribution in [2.45, 2.75) is 18.9 Å². The highest BCUT2D eigenvalue weighted by atomic mass is 15.2. The fourth-order valence-electron chi connectivity index (χ4n) is 3.97. The van der Waals surface area contributed by atoms with E-state index in [0.717, 1.165) is 74.6 Å². The first kappa shape index (κ1) is 18.1. The van der Waals surface area contributed by atoms with E-state index < -0.39 is 0 Å². The van der Waals surface area contributed by atoms with Crippen LogP contribution in [0.5, 0.6) is 0 Å². The van der Waals surface area contributed by atoms with Gasteiger partial charge in [-0.3, -0.25) is 5.10 Å². The molecule has 0 saturated carbocycles. The summed E-state index contributed by atoms with van der Waals surface area (Å²) < 4.78 is 0. The Bertz CT molecular complexity index is 940. The number of piperazine rings is 1. The van der Waals surface area contributed by atoms with Gasteiger partial charge in [0.25, 0.3) is 0 Å². The lowest BCUT2D eigenvalue weighted by atomic mass is 10.1. The molecule has 0 unspecified atom stereocenters. The molecule has 2 saturated heterocycles. The topological polar surface area (TPSA) is 106 Å². The molecule has 29 heavy (non-hydrogen) atoms. The Morgan fingerprint density at radius 3 is 2.48 bits per heavy atom. The van der Waals surface area contributed by atoms with Crippen molar-refractivity contribution in [1.82, 2.24) is 30.8 Å². The number of rotatable bonds is 5. The predicted molar refractivity (Wildman–Crippen MR) is 116 cm³/mol. The Balaban J connectivity index is 1.34. The molecule has 152 valence electrons. The smallest absolute Gasteiger partial charge is 0.231 e. The summed E-state index contributed by atoms with van der Waals surface area (Å²) in [5, 5.41) is 21.7. The fraction of sp³-hybridized carbons (Fsp3) is 0.450. The van der Waals surface area contributed by atoms with Crippen LogP contribution in [0.15, 0.2) is 30.5 Å². The third-order valence-corrected chi connectivity index (χ3v) is 5.60. The molecular formula is C20H27N9. The number of nitrogens with one attached hydrogen (secondary N) is 5. The number of aromatic amines is 1. The Morgan fingerprint density at radius 1 is 0.931 bits per heavy atom. The molecule has 5 N–H and O–H groups in total. The SMILES string of the molecule is c1cc(N2CCNCC2)ccc1Nc1nc(NC2CCNCC2)c2cn[nH]c2n1. The van der Waals surface area contributed by atoms with Crippen molar-refractivity contribution in [2.75, 3.05) is 54.8 Å². The first-order valence-corrected chi connectivity index (χ1v) is 10.4. The van der Waals surface area contributed by atoms with E-state index in [4.69, 9.17) is 4.98 Å². The summed E-state index contributed by atoms with van der Waals surface area (Å²) in [4.78, 5) is 11.7. The Labute approximate surface area is 169 Å². The molecular weight excluding hydrogens is 366 g/mol. The second-order valence-corrected chi connectivity index (χ2v) is 7.61. The Morgan fingerprint density at radius 2 is 1.69 bits per heavy atom. The van der Waals surface area contributed by atoms with Gasteiger partial charge in [-0.25, -0.2) is 0 Å². The molecule has 5 rings (SSSR count). The molecule has 0 bridgehead atoms. The summed E-state index contributed by atoms with van der Waals surface area (Å²) >= 11 is 0. The van der Waals surface area contributed by atoms with Gasteiger partial charge in [0, 0.05) is 43.6 Å². The normalized spacial score (nSPS) is 18.1. The quantitative estimate of drug-likeness (QED) is 0.446. The standard InChI is InChI=1S/C20H27N9/c1-3-16(29-11-9-22-10-12-29)4-2-14(1)25-20-26-18(17-13-23-28-19(17)27-20)24-15-5-7-21-8-6-15/h1-4,13,15,21-22H,5-12H2,(H3,23,24,25,26,27,28). The number of fused-ring (bicyclic) bond motifs is 1. The number of H-pyrrole nitrogens is 1. The van der Waals surface area contributed by atoms with E-state index in [2.05, 4.69) is 65.6 Å². The van der Waals surface area contributed by atoms with E-state index in [1.807, 2.05) is 0 Å². The molecule has 2 aliphatic rings.